The topological polar surface area (TPSA) is 167 Å². The molecule has 0 unspecified atom stereocenters. The third-order valence-corrected chi connectivity index (χ3v) is 9.54. The van der Waals surface area contributed by atoms with Crippen molar-refractivity contribution in [3.63, 3.8) is 0 Å². The number of benzene rings is 3. The van der Waals surface area contributed by atoms with Crippen molar-refractivity contribution in [3.8, 4) is 23.0 Å². The summed E-state index contributed by atoms with van der Waals surface area (Å²) < 4.78 is 35.8. The van der Waals surface area contributed by atoms with Gasteiger partial charge in [-0.05, 0) is 103 Å². The van der Waals surface area contributed by atoms with Crippen molar-refractivity contribution in [2.24, 2.45) is 4.99 Å². The summed E-state index contributed by atoms with van der Waals surface area (Å²) in [6, 6.07) is 13.7. The second-order valence-corrected chi connectivity index (χ2v) is 13.2. The quantitative estimate of drug-likeness (QED) is 0.0737. The summed E-state index contributed by atoms with van der Waals surface area (Å²) in [5.74, 6) is 0.295. The maximum atomic E-state index is 14.3. The number of nitro benzene ring substituents is 1. The van der Waals surface area contributed by atoms with Gasteiger partial charge in [0.25, 0.3) is 11.2 Å². The minimum Gasteiger partial charge on any atom is -0.493 e. The van der Waals surface area contributed by atoms with Gasteiger partial charge in [0.05, 0.1) is 57.8 Å². The van der Waals surface area contributed by atoms with Gasteiger partial charge in [-0.3, -0.25) is 19.5 Å². The maximum absolute atomic E-state index is 14.3. The lowest BCUT2D eigenvalue weighted by molar-refractivity contribution is -0.384. The number of hydrogen-bond acceptors (Lipinski definition) is 13. The van der Waals surface area contributed by atoms with Crippen LogP contribution in [0.5, 0.6) is 23.0 Å². The lowest BCUT2D eigenvalue weighted by Gasteiger charge is -2.25. The number of methoxy groups -OCH3 is 2. The summed E-state index contributed by atoms with van der Waals surface area (Å²) >= 11 is 3.28. The van der Waals surface area contributed by atoms with Gasteiger partial charge in [0.2, 0.25) is 0 Å². The predicted octanol–water partition coefficient (Wildman–Crippen LogP) is 4.85. The maximum Gasteiger partial charge on any atom is 0.343 e. The largest absolute Gasteiger partial charge is 0.493 e. The number of allylic oxidation sites excluding steroid dienone is 1. The Hall–Kier alpha value is -5.23. The first-order valence-corrected chi connectivity index (χ1v) is 17.8. The van der Waals surface area contributed by atoms with Gasteiger partial charge >= 0.3 is 11.9 Å². The van der Waals surface area contributed by atoms with Crippen molar-refractivity contribution in [2.45, 2.75) is 33.4 Å². The number of esters is 2. The molecular formula is C36H34IN3O11S. The summed E-state index contributed by atoms with van der Waals surface area (Å²) in [5.41, 5.74) is 2.10. The number of nitro groups is 1. The molecule has 0 saturated carbocycles. The molecule has 0 radical (unpaired) electrons. The fraction of sp³-hybridized carbons (Fsp3) is 0.278. The molecule has 0 amide bonds. The van der Waals surface area contributed by atoms with Gasteiger partial charge in [-0.25, -0.2) is 14.6 Å². The number of hydrogen-bond donors (Lipinski definition) is 0. The Morgan fingerprint density at radius 2 is 1.75 bits per heavy atom. The molecule has 14 nitrogen and oxygen atoms in total. The molecule has 0 bridgehead atoms. The summed E-state index contributed by atoms with van der Waals surface area (Å²) in [4.78, 5) is 55.0. The van der Waals surface area contributed by atoms with Gasteiger partial charge in [0.15, 0.2) is 34.4 Å². The molecule has 16 heteroatoms. The van der Waals surface area contributed by atoms with E-state index >= 15 is 0 Å². The summed E-state index contributed by atoms with van der Waals surface area (Å²) in [7, 11) is 2.76. The van der Waals surface area contributed by atoms with E-state index in [0.717, 1.165) is 16.9 Å². The van der Waals surface area contributed by atoms with Crippen LogP contribution in [-0.2, 0) is 25.7 Å². The highest BCUT2D eigenvalue weighted by molar-refractivity contribution is 14.1. The predicted molar refractivity (Wildman–Crippen MR) is 199 cm³/mol. The van der Waals surface area contributed by atoms with Crippen molar-refractivity contribution < 1.29 is 42.9 Å². The molecule has 3 aromatic carbocycles. The summed E-state index contributed by atoms with van der Waals surface area (Å²) in [6.07, 6.45) is 1.71. The molecule has 5 rings (SSSR count). The van der Waals surface area contributed by atoms with Gasteiger partial charge in [0.1, 0.15) is 6.61 Å². The second-order valence-electron chi connectivity index (χ2n) is 11.1. The van der Waals surface area contributed by atoms with E-state index in [2.05, 4.69) is 32.3 Å². The zero-order valence-electron chi connectivity index (χ0n) is 28.8. The van der Waals surface area contributed by atoms with Crippen molar-refractivity contribution in [2.75, 3.05) is 34.0 Å². The molecule has 1 aliphatic rings. The molecule has 0 spiro atoms. The van der Waals surface area contributed by atoms with Gasteiger partial charge in [0, 0.05) is 12.1 Å². The highest BCUT2D eigenvalue weighted by Gasteiger charge is 2.34. The summed E-state index contributed by atoms with van der Waals surface area (Å²) in [6.45, 7) is 5.39. The number of carbonyl (C=O) groups excluding carboxylic acids is 2. The Balaban J connectivity index is 1.56. The van der Waals surface area contributed by atoms with E-state index in [1.54, 1.807) is 63.2 Å². The standard InChI is InChI=1S/C36H34IN3O11S/c1-6-48-27-17-23(10-13-26(27)50-19-30(41)47-5)32-31(35(43)49-7-2)20(3)38-36-39(32)34(42)29(52-36)16-22-14-25(37)33(28(15-22)46-4)51-18-21-8-11-24(12-9-21)40(44)45/h8-17,32H,6-7,18-19H2,1-5H3/b29-16-/t32-/m1/s1. The van der Waals surface area contributed by atoms with E-state index in [1.165, 1.54) is 30.9 Å². The SMILES string of the molecule is CCOC(=O)C1=C(C)N=c2s/c(=C\c3cc(I)c(OCc4ccc([N+](=O)[O-])cc4)c(OC)c3)c(=O)n2[C@@H]1c1ccc(OCC(=O)OC)c(OCC)c1. The highest BCUT2D eigenvalue weighted by Crippen LogP contribution is 2.37. The van der Waals surface area contributed by atoms with E-state index in [1.807, 2.05) is 6.07 Å². The first kappa shape index (κ1) is 38.0. The van der Waals surface area contributed by atoms with Crippen LogP contribution in [0.2, 0.25) is 0 Å². The van der Waals surface area contributed by atoms with Gasteiger partial charge in [-0.2, -0.15) is 0 Å². The summed E-state index contributed by atoms with van der Waals surface area (Å²) in [5, 5.41) is 11.0. The van der Waals surface area contributed by atoms with E-state index in [-0.39, 0.29) is 49.0 Å². The molecule has 0 fully saturated rings. The average Bonchev–Trinajstić information content (AvgIpc) is 3.43. The minimum absolute atomic E-state index is 0.0145. The normalized spacial score (nSPS) is 13.9. The monoisotopic (exact) mass is 843 g/mol. The van der Waals surface area contributed by atoms with Crippen LogP contribution >= 0.6 is 33.9 Å². The van der Waals surface area contributed by atoms with Crippen molar-refractivity contribution in [1.82, 2.24) is 4.57 Å². The number of nitrogens with zero attached hydrogens (tertiary/aromatic N) is 3. The van der Waals surface area contributed by atoms with Gasteiger partial charge in [-0.1, -0.05) is 17.4 Å². The molecule has 0 N–H and O–H groups in total. The zero-order chi connectivity index (χ0) is 37.5. The molecule has 0 saturated heterocycles. The smallest absolute Gasteiger partial charge is 0.343 e. The molecule has 2 heterocycles. The molecule has 272 valence electrons. The number of carbonyl (C=O) groups is 2. The lowest BCUT2D eigenvalue weighted by Crippen LogP contribution is -2.40. The van der Waals surface area contributed by atoms with Gasteiger partial charge in [-0.15, -0.1) is 0 Å². The number of aromatic nitrogens is 1. The Labute approximate surface area is 315 Å². The molecule has 0 aliphatic carbocycles. The van der Waals surface area contributed by atoms with Crippen molar-refractivity contribution >= 4 is 57.6 Å². The molecule has 1 aromatic heterocycles. The minimum atomic E-state index is -0.920. The molecule has 52 heavy (non-hydrogen) atoms. The van der Waals surface area contributed by atoms with Crippen LogP contribution in [0.4, 0.5) is 5.69 Å². The van der Waals surface area contributed by atoms with Crippen LogP contribution in [0.15, 0.2) is 75.7 Å². The number of halogens is 1. The third kappa shape index (κ3) is 8.28. The second kappa shape index (κ2) is 16.9. The Morgan fingerprint density at radius 1 is 1.00 bits per heavy atom. The van der Waals surface area contributed by atoms with E-state index in [0.29, 0.717) is 47.0 Å². The first-order chi connectivity index (χ1) is 25.0. The Kier molecular flexibility index (Phi) is 12.3. The first-order valence-electron chi connectivity index (χ1n) is 15.9. The molecule has 1 aliphatic heterocycles. The molecular weight excluding hydrogens is 809 g/mol. The Bertz CT molecular complexity index is 2230. The van der Waals surface area contributed by atoms with Crippen LogP contribution in [0, 0.1) is 13.7 Å². The van der Waals surface area contributed by atoms with Gasteiger partial charge < -0.3 is 28.4 Å². The number of thiazole rings is 1. The number of ether oxygens (including phenoxy) is 6. The number of non-ortho nitro benzene ring substituents is 1. The number of rotatable bonds is 14. The zero-order valence-corrected chi connectivity index (χ0v) is 31.8. The fourth-order valence-corrected chi connectivity index (χ4v) is 7.20. The van der Waals surface area contributed by atoms with Crippen LogP contribution in [0.25, 0.3) is 6.08 Å². The highest BCUT2D eigenvalue weighted by atomic mass is 127. The van der Waals surface area contributed by atoms with E-state index in [9.17, 15) is 24.5 Å². The lowest BCUT2D eigenvalue weighted by atomic mass is 9.95. The average molecular weight is 844 g/mol. The Morgan fingerprint density at radius 3 is 2.40 bits per heavy atom. The fourth-order valence-electron chi connectivity index (χ4n) is 5.37. The number of fused-ring (bicyclic) bond motifs is 1. The van der Waals surface area contributed by atoms with Crippen molar-refractivity contribution in [1.29, 1.82) is 0 Å². The van der Waals surface area contributed by atoms with E-state index in [4.69, 9.17) is 23.7 Å². The van der Waals surface area contributed by atoms with Crippen molar-refractivity contribution in [3.05, 3.63) is 116 Å². The van der Waals surface area contributed by atoms with E-state index < -0.39 is 22.9 Å². The van der Waals surface area contributed by atoms with Crippen LogP contribution in [0.3, 0.4) is 0 Å². The molecule has 1 atom stereocenters. The third-order valence-electron chi connectivity index (χ3n) is 7.75. The van der Waals surface area contributed by atoms with Crippen LogP contribution < -0.4 is 33.8 Å². The van der Waals surface area contributed by atoms with Crippen LogP contribution in [0.1, 0.15) is 43.5 Å². The molecule has 4 aromatic rings. The van der Waals surface area contributed by atoms with Crippen LogP contribution in [-0.4, -0.2) is 55.5 Å².